The van der Waals surface area contributed by atoms with E-state index < -0.39 is 0 Å². The van der Waals surface area contributed by atoms with Crippen LogP contribution < -0.4 is 0 Å². The molecule has 1 aliphatic heterocycles. The molecular weight excluding hydrogens is 340 g/mol. The number of nitrogens with zero attached hydrogens (tertiary/aromatic N) is 4. The van der Waals surface area contributed by atoms with Gasteiger partial charge in [0.05, 0.1) is 11.7 Å². The SMILES string of the molecule is Cn1cc(-c2ccnc3cc(CN4CCSC(C5CC5)C4)ccc23)cn1. The van der Waals surface area contributed by atoms with Crippen molar-refractivity contribution < 1.29 is 0 Å². The van der Waals surface area contributed by atoms with Crippen molar-refractivity contribution in [2.75, 3.05) is 18.8 Å². The molecule has 134 valence electrons. The van der Waals surface area contributed by atoms with Crippen LogP contribution >= 0.6 is 11.8 Å². The molecule has 2 aromatic heterocycles. The summed E-state index contributed by atoms with van der Waals surface area (Å²) in [4.78, 5) is 7.26. The van der Waals surface area contributed by atoms with E-state index in [1.807, 2.05) is 24.1 Å². The van der Waals surface area contributed by atoms with E-state index in [1.54, 1.807) is 0 Å². The number of hydrogen-bond acceptors (Lipinski definition) is 4. The molecule has 1 atom stereocenters. The predicted octanol–water partition coefficient (Wildman–Crippen LogP) is 3.96. The molecule has 26 heavy (non-hydrogen) atoms. The van der Waals surface area contributed by atoms with Crippen LogP contribution in [0.1, 0.15) is 18.4 Å². The number of hydrogen-bond donors (Lipinski definition) is 0. The zero-order valence-electron chi connectivity index (χ0n) is 15.1. The van der Waals surface area contributed by atoms with Gasteiger partial charge in [0.25, 0.3) is 0 Å². The first kappa shape index (κ1) is 16.3. The van der Waals surface area contributed by atoms with Gasteiger partial charge in [-0.25, -0.2) is 0 Å². The average Bonchev–Trinajstić information content (AvgIpc) is 3.43. The van der Waals surface area contributed by atoms with Crippen LogP contribution in [0.15, 0.2) is 42.9 Å². The van der Waals surface area contributed by atoms with Gasteiger partial charge in [-0.3, -0.25) is 14.6 Å². The minimum Gasteiger partial charge on any atom is -0.297 e. The fourth-order valence-electron chi connectivity index (χ4n) is 3.99. The maximum Gasteiger partial charge on any atom is 0.0711 e. The third-order valence-corrected chi connectivity index (χ3v) is 6.93. The number of aromatic nitrogens is 3. The molecule has 0 bridgehead atoms. The highest BCUT2D eigenvalue weighted by molar-refractivity contribution is 8.00. The lowest BCUT2D eigenvalue weighted by Crippen LogP contribution is -2.38. The van der Waals surface area contributed by atoms with Gasteiger partial charge in [-0.15, -0.1) is 0 Å². The summed E-state index contributed by atoms with van der Waals surface area (Å²) < 4.78 is 1.85. The lowest BCUT2D eigenvalue weighted by atomic mass is 10.0. The second-order valence-corrected chi connectivity index (χ2v) is 8.94. The first-order valence-corrected chi connectivity index (χ1v) is 10.5. The Morgan fingerprint density at radius 3 is 2.96 bits per heavy atom. The lowest BCUT2D eigenvalue weighted by molar-refractivity contribution is 0.269. The Bertz CT molecular complexity index is 931. The summed E-state index contributed by atoms with van der Waals surface area (Å²) in [5.41, 5.74) is 4.80. The van der Waals surface area contributed by atoms with Crippen LogP contribution in [0, 0.1) is 5.92 Å². The maximum absolute atomic E-state index is 4.63. The van der Waals surface area contributed by atoms with E-state index in [0.717, 1.165) is 28.8 Å². The molecule has 1 aromatic carbocycles. The summed E-state index contributed by atoms with van der Waals surface area (Å²) in [6.45, 7) is 3.49. The highest BCUT2D eigenvalue weighted by Gasteiger charge is 2.34. The fraction of sp³-hybridized carbons (Fsp3) is 0.429. The summed E-state index contributed by atoms with van der Waals surface area (Å²) in [5.74, 6) is 2.26. The van der Waals surface area contributed by atoms with Crippen LogP contribution in [0.4, 0.5) is 0 Å². The normalized spacial score (nSPS) is 21.3. The average molecular weight is 365 g/mol. The Kier molecular flexibility index (Phi) is 4.21. The fourth-order valence-corrected chi connectivity index (χ4v) is 5.52. The number of rotatable bonds is 4. The number of aryl methyl sites for hydroxylation is 1. The molecule has 4 nitrogen and oxygen atoms in total. The molecule has 0 radical (unpaired) electrons. The number of fused-ring (bicyclic) bond motifs is 1. The van der Waals surface area contributed by atoms with Crippen molar-refractivity contribution in [2.45, 2.75) is 24.6 Å². The summed E-state index contributed by atoms with van der Waals surface area (Å²) in [6, 6.07) is 8.86. The molecule has 1 saturated carbocycles. The van der Waals surface area contributed by atoms with E-state index in [0.29, 0.717) is 0 Å². The van der Waals surface area contributed by atoms with Gasteiger partial charge >= 0.3 is 0 Å². The molecule has 1 saturated heterocycles. The van der Waals surface area contributed by atoms with E-state index in [9.17, 15) is 0 Å². The summed E-state index contributed by atoms with van der Waals surface area (Å²) in [6.07, 6.45) is 8.79. The highest BCUT2D eigenvalue weighted by Crippen LogP contribution is 2.41. The molecule has 2 fully saturated rings. The van der Waals surface area contributed by atoms with Gasteiger partial charge in [0.15, 0.2) is 0 Å². The van der Waals surface area contributed by atoms with E-state index in [1.165, 1.54) is 48.2 Å². The molecule has 5 heteroatoms. The summed E-state index contributed by atoms with van der Waals surface area (Å²) in [7, 11) is 1.96. The van der Waals surface area contributed by atoms with Crippen molar-refractivity contribution in [1.82, 2.24) is 19.7 Å². The molecule has 1 aliphatic carbocycles. The largest absolute Gasteiger partial charge is 0.297 e. The van der Waals surface area contributed by atoms with Gasteiger partial charge in [-0.2, -0.15) is 16.9 Å². The molecule has 3 heterocycles. The maximum atomic E-state index is 4.63. The van der Waals surface area contributed by atoms with Crippen molar-refractivity contribution >= 4 is 22.7 Å². The number of pyridine rings is 1. The van der Waals surface area contributed by atoms with E-state index >= 15 is 0 Å². The molecule has 2 aliphatic rings. The monoisotopic (exact) mass is 364 g/mol. The quantitative estimate of drug-likeness (QED) is 0.702. The molecule has 0 spiro atoms. The Hall–Kier alpha value is -1.85. The molecule has 3 aromatic rings. The van der Waals surface area contributed by atoms with Gasteiger partial charge < -0.3 is 0 Å². The van der Waals surface area contributed by atoms with Crippen molar-refractivity contribution in [3.05, 3.63) is 48.4 Å². The van der Waals surface area contributed by atoms with Crippen LogP contribution in [0.5, 0.6) is 0 Å². The Morgan fingerprint density at radius 2 is 2.15 bits per heavy atom. The van der Waals surface area contributed by atoms with Crippen molar-refractivity contribution in [2.24, 2.45) is 13.0 Å². The standard InChI is InChI=1S/C21H24N4S/c1-24-13-17(11-23-24)18-6-7-22-20-10-15(2-5-19(18)20)12-25-8-9-26-21(14-25)16-3-4-16/h2,5-7,10-11,13,16,21H,3-4,8-9,12,14H2,1H3. The minimum absolute atomic E-state index is 0.861. The Balaban J connectivity index is 1.39. The second kappa shape index (κ2) is 6.71. The lowest BCUT2D eigenvalue weighted by Gasteiger charge is -2.32. The van der Waals surface area contributed by atoms with Crippen LogP contribution in [0.25, 0.3) is 22.0 Å². The highest BCUT2D eigenvalue weighted by atomic mass is 32.2. The van der Waals surface area contributed by atoms with Crippen molar-refractivity contribution in [1.29, 1.82) is 0 Å². The van der Waals surface area contributed by atoms with Crippen LogP contribution in [-0.2, 0) is 13.6 Å². The van der Waals surface area contributed by atoms with Gasteiger partial charge in [0.2, 0.25) is 0 Å². The smallest absolute Gasteiger partial charge is 0.0711 e. The Labute approximate surface area is 158 Å². The Morgan fingerprint density at radius 1 is 1.23 bits per heavy atom. The van der Waals surface area contributed by atoms with Crippen LogP contribution in [-0.4, -0.2) is 43.8 Å². The first-order chi connectivity index (χ1) is 12.8. The van der Waals surface area contributed by atoms with Gasteiger partial charge in [-0.05, 0) is 42.0 Å². The van der Waals surface area contributed by atoms with Crippen LogP contribution in [0.3, 0.4) is 0 Å². The summed E-state index contributed by atoms with van der Waals surface area (Å²) in [5, 5.41) is 6.37. The van der Waals surface area contributed by atoms with Crippen LogP contribution in [0.2, 0.25) is 0 Å². The predicted molar refractivity (Wildman–Crippen MR) is 108 cm³/mol. The molecule has 5 rings (SSSR count). The summed E-state index contributed by atoms with van der Waals surface area (Å²) >= 11 is 2.19. The van der Waals surface area contributed by atoms with E-state index in [-0.39, 0.29) is 0 Å². The zero-order chi connectivity index (χ0) is 17.5. The van der Waals surface area contributed by atoms with Crippen molar-refractivity contribution in [3.8, 4) is 11.1 Å². The van der Waals surface area contributed by atoms with E-state index in [4.69, 9.17) is 0 Å². The molecule has 0 amide bonds. The number of benzene rings is 1. The second-order valence-electron chi connectivity index (χ2n) is 7.59. The van der Waals surface area contributed by atoms with Gasteiger partial charge in [-0.1, -0.05) is 12.1 Å². The topological polar surface area (TPSA) is 34.0 Å². The third-order valence-electron chi connectivity index (χ3n) is 5.55. The van der Waals surface area contributed by atoms with Crippen molar-refractivity contribution in [3.63, 3.8) is 0 Å². The molecule has 0 N–H and O–H groups in total. The first-order valence-electron chi connectivity index (χ1n) is 9.47. The molecule has 1 unspecified atom stereocenters. The van der Waals surface area contributed by atoms with E-state index in [2.05, 4.69) is 57.2 Å². The third kappa shape index (κ3) is 3.26. The zero-order valence-corrected chi connectivity index (χ0v) is 16.0. The van der Waals surface area contributed by atoms with Gasteiger partial charge in [0, 0.05) is 61.0 Å². The number of thioether (sulfide) groups is 1. The molecular formula is C21H24N4S. The minimum atomic E-state index is 0.861. The van der Waals surface area contributed by atoms with Gasteiger partial charge in [0.1, 0.15) is 0 Å².